The second-order valence-electron chi connectivity index (χ2n) is 6.16. The van der Waals surface area contributed by atoms with Crippen LogP contribution in [-0.2, 0) is 21.8 Å². The molecule has 3 aliphatic rings. The van der Waals surface area contributed by atoms with E-state index in [9.17, 15) is 13.2 Å². The number of carbonyl (C=O) groups is 1. The summed E-state index contributed by atoms with van der Waals surface area (Å²) in [6, 6.07) is 0. The van der Waals surface area contributed by atoms with Crippen LogP contribution in [0.5, 0.6) is 0 Å². The first-order valence-corrected chi connectivity index (χ1v) is 8.63. The fourth-order valence-electron chi connectivity index (χ4n) is 3.43. The molecule has 0 unspecified atom stereocenters. The van der Waals surface area contributed by atoms with Crippen LogP contribution in [-0.4, -0.2) is 31.1 Å². The Morgan fingerprint density at radius 1 is 1.48 bits per heavy atom. The van der Waals surface area contributed by atoms with Gasteiger partial charge in [-0.2, -0.15) is 0 Å². The zero-order valence-corrected chi connectivity index (χ0v) is 13.3. The molecule has 4 rings (SSSR count). The summed E-state index contributed by atoms with van der Waals surface area (Å²) in [4.78, 5) is 12.1. The van der Waals surface area contributed by atoms with Gasteiger partial charge in [0.25, 0.3) is 0 Å². The number of ether oxygens (including phenoxy) is 1. The summed E-state index contributed by atoms with van der Waals surface area (Å²) in [5, 5.41) is 0. The van der Waals surface area contributed by atoms with Gasteiger partial charge in [-0.3, -0.25) is 0 Å². The summed E-state index contributed by atoms with van der Waals surface area (Å²) in [5.74, 6) is 0.198. The van der Waals surface area contributed by atoms with Crippen molar-refractivity contribution in [1.29, 1.82) is 0 Å². The van der Waals surface area contributed by atoms with Crippen molar-refractivity contribution in [1.82, 2.24) is 9.29 Å². The zero-order chi connectivity index (χ0) is 15.4. The van der Waals surface area contributed by atoms with E-state index in [1.807, 2.05) is 0 Å². The van der Waals surface area contributed by atoms with Crippen molar-refractivity contribution in [2.45, 2.75) is 43.5 Å². The third-order valence-electron chi connectivity index (χ3n) is 4.54. The lowest BCUT2D eigenvalue weighted by molar-refractivity contribution is -0.0317. The fraction of sp³-hybridized carbons (Fsp3) is 0.643. The topological polar surface area (TPSA) is 77.4 Å². The van der Waals surface area contributed by atoms with E-state index < -0.39 is 16.0 Å². The molecule has 1 heterocycles. The van der Waals surface area contributed by atoms with Crippen molar-refractivity contribution in [3.63, 3.8) is 0 Å². The van der Waals surface area contributed by atoms with Crippen LogP contribution in [0.2, 0.25) is 0 Å². The first-order valence-electron chi connectivity index (χ1n) is 7.15. The molecular weight excluding hydrogens is 292 g/mol. The smallest absolute Gasteiger partial charge is 0.355 e. The van der Waals surface area contributed by atoms with Crippen LogP contribution in [0.3, 0.4) is 0 Å². The van der Waals surface area contributed by atoms with Crippen molar-refractivity contribution in [2.24, 2.45) is 13.0 Å². The standard InChI is InChI=1S/C14H20N2O4S/c1-4-20-13(17)12-9(2)11(8-16(12)3)21(18,19)15-14-5-10(6-14)7-14/h8,10,15H,4-7H2,1-3H3. The summed E-state index contributed by atoms with van der Waals surface area (Å²) < 4.78 is 34.4. The maximum absolute atomic E-state index is 12.6. The Bertz CT molecular complexity index is 688. The molecule has 0 radical (unpaired) electrons. The van der Waals surface area contributed by atoms with Gasteiger partial charge in [0, 0.05) is 24.3 Å². The predicted octanol–water partition coefficient (Wildman–Crippen LogP) is 1.34. The number of rotatable bonds is 5. The van der Waals surface area contributed by atoms with Crippen molar-refractivity contribution in [2.75, 3.05) is 6.61 Å². The van der Waals surface area contributed by atoms with Crippen molar-refractivity contribution >= 4 is 16.0 Å². The first-order chi connectivity index (χ1) is 9.78. The fourth-order valence-corrected chi connectivity index (χ4v) is 5.16. The molecule has 116 valence electrons. The molecule has 0 atom stereocenters. The van der Waals surface area contributed by atoms with Gasteiger partial charge in [0.1, 0.15) is 10.6 Å². The number of esters is 1. The molecule has 0 aromatic carbocycles. The number of nitrogens with zero attached hydrogens (tertiary/aromatic N) is 1. The van der Waals surface area contributed by atoms with Crippen molar-refractivity contribution < 1.29 is 17.9 Å². The number of hydrogen-bond donors (Lipinski definition) is 1. The molecule has 6 nitrogen and oxygen atoms in total. The number of sulfonamides is 1. The average molecular weight is 312 g/mol. The van der Waals surface area contributed by atoms with Gasteiger partial charge >= 0.3 is 5.97 Å². The quantitative estimate of drug-likeness (QED) is 0.832. The van der Waals surface area contributed by atoms with Crippen LogP contribution in [0, 0.1) is 12.8 Å². The highest BCUT2D eigenvalue weighted by molar-refractivity contribution is 7.89. The highest BCUT2D eigenvalue weighted by Crippen LogP contribution is 2.57. The third kappa shape index (κ3) is 2.19. The number of aryl methyl sites for hydroxylation is 1. The monoisotopic (exact) mass is 312 g/mol. The molecule has 0 saturated heterocycles. The minimum Gasteiger partial charge on any atom is -0.461 e. The number of aromatic nitrogens is 1. The second kappa shape index (κ2) is 4.58. The molecule has 7 heteroatoms. The highest BCUT2D eigenvalue weighted by Gasteiger charge is 2.58. The van der Waals surface area contributed by atoms with E-state index in [2.05, 4.69) is 4.72 Å². The predicted molar refractivity (Wildman–Crippen MR) is 76.5 cm³/mol. The lowest BCUT2D eigenvalue weighted by Gasteiger charge is -2.61. The normalized spacial score (nSPS) is 26.9. The Labute approximate surface area is 124 Å². The third-order valence-corrected chi connectivity index (χ3v) is 6.23. The van der Waals surface area contributed by atoms with Gasteiger partial charge in [0.05, 0.1) is 6.61 Å². The molecule has 21 heavy (non-hydrogen) atoms. The average Bonchev–Trinajstić information content (AvgIpc) is 2.59. The van der Waals surface area contributed by atoms with Gasteiger partial charge < -0.3 is 9.30 Å². The molecule has 0 amide bonds. The van der Waals surface area contributed by atoms with Crippen LogP contribution in [0.15, 0.2) is 11.1 Å². The number of nitrogens with one attached hydrogen (secondary N) is 1. The SMILES string of the molecule is CCOC(=O)c1c(C)c(S(=O)(=O)NC23CC(C2)C3)cn1C. The molecule has 1 aromatic heterocycles. The van der Waals surface area contributed by atoms with Crippen LogP contribution >= 0.6 is 0 Å². The molecule has 1 N–H and O–H groups in total. The molecule has 3 aliphatic carbocycles. The summed E-state index contributed by atoms with van der Waals surface area (Å²) in [5.41, 5.74) is 0.500. The van der Waals surface area contributed by atoms with Crippen LogP contribution < -0.4 is 4.72 Å². The van der Waals surface area contributed by atoms with Crippen LogP contribution in [0.1, 0.15) is 42.2 Å². The van der Waals surface area contributed by atoms with Crippen molar-refractivity contribution in [3.8, 4) is 0 Å². The Balaban J connectivity index is 1.91. The van der Waals surface area contributed by atoms with Gasteiger partial charge in [0.2, 0.25) is 10.0 Å². The Morgan fingerprint density at radius 3 is 2.57 bits per heavy atom. The van der Waals surface area contributed by atoms with E-state index in [1.165, 1.54) is 10.8 Å². The Kier molecular flexibility index (Phi) is 3.18. The lowest BCUT2D eigenvalue weighted by Crippen LogP contribution is -2.67. The Morgan fingerprint density at radius 2 is 2.10 bits per heavy atom. The van der Waals surface area contributed by atoms with Gasteiger partial charge in [-0.05, 0) is 39.0 Å². The largest absolute Gasteiger partial charge is 0.461 e. The minimum absolute atomic E-state index is 0.165. The van der Waals surface area contributed by atoms with E-state index in [4.69, 9.17) is 4.74 Å². The molecular formula is C14H20N2O4S. The maximum Gasteiger partial charge on any atom is 0.355 e. The summed E-state index contributed by atoms with van der Waals surface area (Å²) in [7, 11) is -1.95. The highest BCUT2D eigenvalue weighted by atomic mass is 32.2. The first kappa shape index (κ1) is 14.6. The molecule has 2 bridgehead atoms. The molecule has 1 aromatic rings. The summed E-state index contributed by atoms with van der Waals surface area (Å²) in [6.45, 7) is 3.62. The Hall–Kier alpha value is -1.34. The second-order valence-corrected chi connectivity index (χ2v) is 7.81. The van der Waals surface area contributed by atoms with E-state index in [0.29, 0.717) is 11.5 Å². The van der Waals surface area contributed by atoms with E-state index in [1.54, 1.807) is 20.9 Å². The van der Waals surface area contributed by atoms with Gasteiger partial charge in [-0.25, -0.2) is 17.9 Å². The summed E-state index contributed by atoms with van der Waals surface area (Å²) >= 11 is 0. The van der Waals surface area contributed by atoms with Crippen LogP contribution in [0.4, 0.5) is 0 Å². The molecule has 0 spiro atoms. The zero-order valence-electron chi connectivity index (χ0n) is 12.5. The molecule has 3 fully saturated rings. The van der Waals surface area contributed by atoms with Gasteiger partial charge in [0.15, 0.2) is 0 Å². The maximum atomic E-state index is 12.6. The lowest BCUT2D eigenvalue weighted by atomic mass is 9.50. The van der Waals surface area contributed by atoms with Crippen molar-refractivity contribution in [3.05, 3.63) is 17.5 Å². The van der Waals surface area contributed by atoms with Crippen LogP contribution in [0.25, 0.3) is 0 Å². The number of carbonyl (C=O) groups excluding carboxylic acids is 1. The molecule has 0 aliphatic heterocycles. The minimum atomic E-state index is -3.60. The van der Waals surface area contributed by atoms with E-state index in [-0.39, 0.29) is 22.7 Å². The van der Waals surface area contributed by atoms with Gasteiger partial charge in [-0.1, -0.05) is 0 Å². The summed E-state index contributed by atoms with van der Waals surface area (Å²) in [6.07, 6.45) is 4.28. The molecule has 3 saturated carbocycles. The van der Waals surface area contributed by atoms with E-state index in [0.717, 1.165) is 19.3 Å². The van der Waals surface area contributed by atoms with Gasteiger partial charge in [-0.15, -0.1) is 0 Å². The number of hydrogen-bond acceptors (Lipinski definition) is 4. The van der Waals surface area contributed by atoms with E-state index >= 15 is 0 Å².